The Balaban J connectivity index is 1.64. The lowest BCUT2D eigenvalue weighted by atomic mass is 10.1. The van der Waals surface area contributed by atoms with E-state index in [1.807, 2.05) is 36.1 Å². The van der Waals surface area contributed by atoms with Gasteiger partial charge in [-0.2, -0.15) is 18.3 Å². The van der Waals surface area contributed by atoms with Crippen LogP contribution in [-0.2, 0) is 12.7 Å². The Morgan fingerprint density at radius 1 is 1.09 bits per heavy atom. The molecule has 9 heteroatoms. The maximum Gasteiger partial charge on any atom is 0.416 e. The first kappa shape index (κ1) is 23.2. The van der Waals surface area contributed by atoms with Gasteiger partial charge in [0.1, 0.15) is 5.15 Å². The van der Waals surface area contributed by atoms with E-state index >= 15 is 0 Å². The third-order valence-corrected chi connectivity index (χ3v) is 6.15. The van der Waals surface area contributed by atoms with Gasteiger partial charge in [0, 0.05) is 13.1 Å². The van der Waals surface area contributed by atoms with Crippen molar-refractivity contribution in [1.82, 2.24) is 9.78 Å². The number of rotatable bonds is 5. The zero-order chi connectivity index (χ0) is 23.8. The average Bonchev–Trinajstić information content (AvgIpc) is 3.37. The molecular weight excluding hydrogens is 453 g/mol. The Morgan fingerprint density at radius 2 is 1.76 bits per heavy atom. The first-order chi connectivity index (χ1) is 15.6. The Hall–Kier alpha value is -3.00. The third kappa shape index (κ3) is 5.00. The molecule has 0 saturated carbocycles. The Morgan fingerprint density at radius 3 is 2.39 bits per heavy atom. The number of nitrogens with zero attached hydrogens (tertiary/aromatic N) is 3. The number of benzene rings is 2. The fourth-order valence-electron chi connectivity index (χ4n) is 4.01. The monoisotopic (exact) mass is 476 g/mol. The molecule has 1 saturated heterocycles. The van der Waals surface area contributed by atoms with Crippen LogP contribution in [0.4, 0.5) is 24.5 Å². The van der Waals surface area contributed by atoms with Gasteiger partial charge in [-0.15, -0.1) is 0 Å². The smallest absolute Gasteiger partial charge is 0.370 e. The van der Waals surface area contributed by atoms with Gasteiger partial charge in [-0.05, 0) is 50.5 Å². The second-order valence-corrected chi connectivity index (χ2v) is 8.63. The van der Waals surface area contributed by atoms with Gasteiger partial charge in [-0.25, -0.2) is 4.68 Å². The fraction of sp³-hybridized carbons (Fsp3) is 0.333. The minimum atomic E-state index is -4.52. The molecule has 1 amide bonds. The molecular formula is C24H24ClF3N4O. The summed E-state index contributed by atoms with van der Waals surface area (Å²) in [5.74, 6) is -0.590. The summed E-state index contributed by atoms with van der Waals surface area (Å²) in [4.78, 5) is 15.1. The number of nitrogens with one attached hydrogen (secondary N) is 1. The lowest BCUT2D eigenvalue weighted by Gasteiger charge is -2.23. The summed E-state index contributed by atoms with van der Waals surface area (Å²) in [6, 6.07) is 11.3. The maximum atomic E-state index is 13.3. The largest absolute Gasteiger partial charge is 0.416 e. The second kappa shape index (κ2) is 9.09. The first-order valence-corrected chi connectivity index (χ1v) is 11.1. The molecule has 1 aliphatic rings. The van der Waals surface area contributed by atoms with Gasteiger partial charge in [-0.3, -0.25) is 4.79 Å². The van der Waals surface area contributed by atoms with E-state index in [4.69, 9.17) is 11.6 Å². The van der Waals surface area contributed by atoms with E-state index in [1.54, 1.807) is 6.92 Å². The Labute approximate surface area is 195 Å². The highest BCUT2D eigenvalue weighted by Gasteiger charge is 2.32. The zero-order valence-electron chi connectivity index (χ0n) is 18.3. The van der Waals surface area contributed by atoms with E-state index < -0.39 is 17.6 Å². The van der Waals surface area contributed by atoms with E-state index in [0.717, 1.165) is 49.2 Å². The summed E-state index contributed by atoms with van der Waals surface area (Å²) in [6.07, 6.45) is -2.62. The number of carbonyl (C=O) groups excluding carboxylic acids is 1. The second-order valence-electron chi connectivity index (χ2n) is 8.27. The molecule has 1 aromatic heterocycles. The van der Waals surface area contributed by atoms with Crippen LogP contribution in [0.2, 0.25) is 5.15 Å². The SMILES string of the molecule is Cc1ccc(Cn2nc(C)c(C(=O)Nc3cc(C(F)(F)F)ccc3N3CCCC3)c2Cl)cc1. The minimum Gasteiger partial charge on any atom is -0.370 e. The van der Waals surface area contributed by atoms with Gasteiger partial charge in [0.2, 0.25) is 0 Å². The van der Waals surface area contributed by atoms with Crippen molar-refractivity contribution >= 4 is 28.9 Å². The molecule has 0 radical (unpaired) electrons. The van der Waals surface area contributed by atoms with Crippen molar-refractivity contribution in [2.75, 3.05) is 23.3 Å². The summed E-state index contributed by atoms with van der Waals surface area (Å²) < 4.78 is 41.5. The summed E-state index contributed by atoms with van der Waals surface area (Å²) in [7, 11) is 0. The molecule has 1 N–H and O–H groups in total. The third-order valence-electron chi connectivity index (χ3n) is 5.76. The van der Waals surface area contributed by atoms with Gasteiger partial charge in [0.25, 0.3) is 5.91 Å². The van der Waals surface area contributed by atoms with Crippen LogP contribution < -0.4 is 10.2 Å². The number of amides is 1. The molecule has 2 aromatic carbocycles. The highest BCUT2D eigenvalue weighted by atomic mass is 35.5. The zero-order valence-corrected chi connectivity index (χ0v) is 19.1. The van der Waals surface area contributed by atoms with Crippen LogP contribution in [0.3, 0.4) is 0 Å². The van der Waals surface area contributed by atoms with Crippen molar-refractivity contribution < 1.29 is 18.0 Å². The van der Waals surface area contributed by atoms with Crippen LogP contribution in [0.5, 0.6) is 0 Å². The van der Waals surface area contributed by atoms with Gasteiger partial charge >= 0.3 is 6.18 Å². The summed E-state index contributed by atoms with van der Waals surface area (Å²) in [5, 5.41) is 7.18. The standard InChI is InChI=1S/C24H24ClF3N4O/c1-15-5-7-17(8-6-15)14-32-22(25)21(16(2)30-32)23(33)29-19-13-18(24(26,27)28)9-10-20(19)31-11-3-4-12-31/h5-10,13H,3-4,11-12,14H2,1-2H3,(H,29,33). The van der Waals surface area contributed by atoms with Crippen LogP contribution in [0, 0.1) is 13.8 Å². The topological polar surface area (TPSA) is 50.2 Å². The van der Waals surface area contributed by atoms with Crippen LogP contribution in [0.15, 0.2) is 42.5 Å². The Bertz CT molecular complexity index is 1170. The summed E-state index contributed by atoms with van der Waals surface area (Å²) in [6.45, 7) is 5.46. The molecule has 2 heterocycles. The lowest BCUT2D eigenvalue weighted by molar-refractivity contribution is -0.137. The van der Waals surface area contributed by atoms with Crippen molar-refractivity contribution in [2.24, 2.45) is 0 Å². The molecule has 0 spiro atoms. The number of carbonyl (C=O) groups is 1. The molecule has 1 fully saturated rings. The molecule has 1 aliphatic heterocycles. The highest BCUT2D eigenvalue weighted by Crippen LogP contribution is 2.37. The molecule has 33 heavy (non-hydrogen) atoms. The number of alkyl halides is 3. The molecule has 0 aliphatic carbocycles. The minimum absolute atomic E-state index is 0.110. The number of halogens is 4. The molecule has 5 nitrogen and oxygen atoms in total. The predicted molar refractivity (Wildman–Crippen MR) is 123 cm³/mol. The van der Waals surface area contributed by atoms with Crippen molar-refractivity contribution in [1.29, 1.82) is 0 Å². The van der Waals surface area contributed by atoms with E-state index in [1.165, 1.54) is 10.7 Å². The van der Waals surface area contributed by atoms with Gasteiger partial charge in [0.05, 0.1) is 34.7 Å². The van der Waals surface area contributed by atoms with Crippen molar-refractivity contribution in [2.45, 2.75) is 39.4 Å². The number of hydrogen-bond acceptors (Lipinski definition) is 3. The summed E-state index contributed by atoms with van der Waals surface area (Å²) >= 11 is 6.49. The predicted octanol–water partition coefficient (Wildman–Crippen LogP) is 6.07. The van der Waals surface area contributed by atoms with E-state index in [9.17, 15) is 18.0 Å². The van der Waals surface area contributed by atoms with E-state index in [2.05, 4.69) is 10.4 Å². The average molecular weight is 477 g/mol. The first-order valence-electron chi connectivity index (χ1n) is 10.7. The number of anilines is 2. The van der Waals surface area contributed by atoms with E-state index in [-0.39, 0.29) is 16.4 Å². The molecule has 3 aromatic rings. The summed E-state index contributed by atoms with van der Waals surface area (Å²) in [5.41, 5.74) is 2.49. The normalized spacial score (nSPS) is 14.1. The number of hydrogen-bond donors (Lipinski definition) is 1. The molecule has 0 bridgehead atoms. The van der Waals surface area contributed by atoms with Crippen LogP contribution in [0.1, 0.15) is 45.6 Å². The van der Waals surface area contributed by atoms with Crippen molar-refractivity contribution in [3.63, 3.8) is 0 Å². The lowest BCUT2D eigenvalue weighted by Crippen LogP contribution is -2.22. The highest BCUT2D eigenvalue weighted by molar-refractivity contribution is 6.33. The molecule has 4 rings (SSSR count). The maximum absolute atomic E-state index is 13.3. The molecule has 0 atom stereocenters. The number of aromatic nitrogens is 2. The molecule has 174 valence electrons. The van der Waals surface area contributed by atoms with Crippen LogP contribution in [0.25, 0.3) is 0 Å². The van der Waals surface area contributed by atoms with Crippen molar-refractivity contribution in [3.05, 3.63) is 75.6 Å². The van der Waals surface area contributed by atoms with E-state index in [0.29, 0.717) is 17.9 Å². The number of aryl methyl sites for hydroxylation is 2. The van der Waals surface area contributed by atoms with Gasteiger partial charge in [0.15, 0.2) is 0 Å². The quantitative estimate of drug-likeness (QED) is 0.486. The van der Waals surface area contributed by atoms with Gasteiger partial charge in [-0.1, -0.05) is 41.4 Å². The fourth-order valence-corrected chi connectivity index (χ4v) is 4.33. The van der Waals surface area contributed by atoms with Crippen molar-refractivity contribution in [3.8, 4) is 0 Å². The molecule has 0 unspecified atom stereocenters. The Kier molecular flexibility index (Phi) is 6.38. The van der Waals surface area contributed by atoms with Crippen LogP contribution in [-0.4, -0.2) is 28.8 Å². The van der Waals surface area contributed by atoms with Gasteiger partial charge < -0.3 is 10.2 Å². The van der Waals surface area contributed by atoms with Crippen LogP contribution >= 0.6 is 11.6 Å².